The van der Waals surface area contributed by atoms with E-state index in [-0.39, 0.29) is 0 Å². The number of thiophene rings is 1. The lowest BCUT2D eigenvalue weighted by atomic mass is 9.97. The van der Waals surface area contributed by atoms with Gasteiger partial charge < -0.3 is 4.90 Å². The molecular formula is C16H20N6S. The third kappa shape index (κ3) is 2.93. The lowest BCUT2D eigenvalue weighted by Gasteiger charge is -2.33. The van der Waals surface area contributed by atoms with Crippen LogP contribution in [0.2, 0.25) is 0 Å². The molecule has 0 N–H and O–H groups in total. The fourth-order valence-electron chi connectivity index (χ4n) is 3.20. The number of fused-ring (bicyclic) bond motifs is 1. The predicted molar refractivity (Wildman–Crippen MR) is 91.8 cm³/mol. The van der Waals surface area contributed by atoms with Gasteiger partial charge in [0.05, 0.1) is 11.6 Å². The Morgan fingerprint density at radius 3 is 2.87 bits per heavy atom. The quantitative estimate of drug-likeness (QED) is 0.737. The van der Waals surface area contributed by atoms with Crippen molar-refractivity contribution in [2.24, 2.45) is 5.92 Å². The Bertz CT molecular complexity index is 773. The van der Waals surface area contributed by atoms with Crippen molar-refractivity contribution in [2.75, 3.05) is 18.0 Å². The molecule has 1 aliphatic heterocycles. The first-order valence-corrected chi connectivity index (χ1v) is 9.04. The van der Waals surface area contributed by atoms with E-state index >= 15 is 0 Å². The van der Waals surface area contributed by atoms with E-state index in [0.717, 1.165) is 55.4 Å². The molecule has 1 aliphatic rings. The molecule has 0 spiro atoms. The van der Waals surface area contributed by atoms with Crippen molar-refractivity contribution < 1.29 is 0 Å². The summed E-state index contributed by atoms with van der Waals surface area (Å²) in [5.74, 6) is 2.73. The first-order chi connectivity index (χ1) is 11.3. The molecule has 0 aliphatic carbocycles. The Hall–Kier alpha value is -2.02. The number of nitrogens with zero attached hydrogens (tertiary/aromatic N) is 6. The smallest absolute Gasteiger partial charge is 0.141 e. The van der Waals surface area contributed by atoms with Crippen LogP contribution in [0.5, 0.6) is 0 Å². The molecule has 0 unspecified atom stereocenters. The van der Waals surface area contributed by atoms with Crippen molar-refractivity contribution in [3.05, 3.63) is 29.7 Å². The van der Waals surface area contributed by atoms with Gasteiger partial charge in [0.25, 0.3) is 0 Å². The highest BCUT2D eigenvalue weighted by molar-refractivity contribution is 7.16. The molecule has 6 nitrogen and oxygen atoms in total. The van der Waals surface area contributed by atoms with Crippen molar-refractivity contribution in [1.29, 1.82) is 0 Å². The number of rotatable bonds is 4. The molecule has 120 valence electrons. The summed E-state index contributed by atoms with van der Waals surface area (Å²) in [6.07, 6.45) is 6.90. The molecule has 4 heterocycles. The van der Waals surface area contributed by atoms with Gasteiger partial charge in [0.1, 0.15) is 16.5 Å². The van der Waals surface area contributed by atoms with E-state index in [9.17, 15) is 0 Å². The Morgan fingerprint density at radius 1 is 1.26 bits per heavy atom. The van der Waals surface area contributed by atoms with Crippen LogP contribution in [0.1, 0.15) is 25.6 Å². The summed E-state index contributed by atoms with van der Waals surface area (Å²) in [5, 5.41) is 11.3. The second-order valence-electron chi connectivity index (χ2n) is 6.01. The molecule has 7 heteroatoms. The maximum Gasteiger partial charge on any atom is 0.141 e. The van der Waals surface area contributed by atoms with Gasteiger partial charge in [0.2, 0.25) is 0 Å². The lowest BCUT2D eigenvalue weighted by Crippen LogP contribution is -2.35. The fraction of sp³-hybridized carbons (Fsp3) is 0.500. The maximum atomic E-state index is 4.81. The van der Waals surface area contributed by atoms with E-state index in [2.05, 4.69) is 38.6 Å². The molecule has 0 saturated carbocycles. The van der Waals surface area contributed by atoms with E-state index in [1.807, 2.05) is 10.9 Å². The third-order valence-electron chi connectivity index (χ3n) is 4.50. The van der Waals surface area contributed by atoms with E-state index in [0.29, 0.717) is 5.92 Å². The molecule has 23 heavy (non-hydrogen) atoms. The average Bonchev–Trinajstić information content (AvgIpc) is 3.26. The second kappa shape index (κ2) is 6.23. The molecule has 0 amide bonds. The molecular weight excluding hydrogens is 308 g/mol. The summed E-state index contributed by atoms with van der Waals surface area (Å²) < 4.78 is 1.94. The summed E-state index contributed by atoms with van der Waals surface area (Å²) in [6, 6.07) is 2.15. The minimum Gasteiger partial charge on any atom is -0.356 e. The van der Waals surface area contributed by atoms with E-state index in [1.165, 1.54) is 5.39 Å². The number of hydrogen-bond acceptors (Lipinski definition) is 6. The number of anilines is 1. The lowest BCUT2D eigenvalue weighted by molar-refractivity contribution is 0.338. The van der Waals surface area contributed by atoms with Crippen LogP contribution in [0.25, 0.3) is 10.2 Å². The highest BCUT2D eigenvalue weighted by atomic mass is 32.1. The van der Waals surface area contributed by atoms with Crippen LogP contribution in [0.3, 0.4) is 0 Å². The summed E-state index contributed by atoms with van der Waals surface area (Å²) in [5.41, 5.74) is 0. The maximum absolute atomic E-state index is 4.81. The van der Waals surface area contributed by atoms with Gasteiger partial charge in [-0.25, -0.2) is 9.97 Å². The molecule has 3 aromatic rings. The van der Waals surface area contributed by atoms with Crippen LogP contribution in [0, 0.1) is 5.92 Å². The van der Waals surface area contributed by atoms with Gasteiger partial charge in [-0.15, -0.1) is 16.4 Å². The Kier molecular flexibility index (Phi) is 3.95. The van der Waals surface area contributed by atoms with E-state index in [1.54, 1.807) is 17.5 Å². The first-order valence-electron chi connectivity index (χ1n) is 8.16. The standard InChI is InChI=1S/C16H20N6S/c1-2-14-18-15(13-5-10-23-16(13)19-14)21-7-3-12(4-8-21)11-22-9-6-17-20-22/h5-6,9-10,12H,2-4,7-8,11H2,1H3. The molecule has 0 bridgehead atoms. The monoisotopic (exact) mass is 328 g/mol. The zero-order valence-electron chi connectivity index (χ0n) is 13.2. The van der Waals surface area contributed by atoms with E-state index < -0.39 is 0 Å². The number of aromatic nitrogens is 5. The van der Waals surface area contributed by atoms with E-state index in [4.69, 9.17) is 4.98 Å². The molecule has 4 rings (SSSR count). The molecule has 1 saturated heterocycles. The predicted octanol–water partition coefficient (Wildman–Crippen LogP) is 2.76. The van der Waals surface area contributed by atoms with Crippen molar-refractivity contribution in [2.45, 2.75) is 32.7 Å². The Morgan fingerprint density at radius 2 is 2.13 bits per heavy atom. The van der Waals surface area contributed by atoms with Gasteiger partial charge in [0.15, 0.2) is 0 Å². The van der Waals surface area contributed by atoms with Gasteiger partial charge >= 0.3 is 0 Å². The zero-order valence-corrected chi connectivity index (χ0v) is 14.0. The third-order valence-corrected chi connectivity index (χ3v) is 5.31. The van der Waals surface area contributed by atoms with Crippen molar-refractivity contribution in [1.82, 2.24) is 25.0 Å². The number of hydrogen-bond donors (Lipinski definition) is 0. The molecule has 0 radical (unpaired) electrons. The largest absolute Gasteiger partial charge is 0.356 e. The Balaban J connectivity index is 1.51. The molecule has 1 fully saturated rings. The van der Waals surface area contributed by atoms with Crippen molar-refractivity contribution in [3.63, 3.8) is 0 Å². The van der Waals surface area contributed by atoms with Gasteiger partial charge in [-0.2, -0.15) is 0 Å². The van der Waals surface area contributed by atoms with Crippen LogP contribution in [0.4, 0.5) is 5.82 Å². The number of piperidine rings is 1. The Labute approximate surface area is 139 Å². The van der Waals surface area contributed by atoms with Crippen LogP contribution >= 0.6 is 11.3 Å². The highest BCUT2D eigenvalue weighted by Crippen LogP contribution is 2.31. The topological polar surface area (TPSA) is 59.7 Å². The summed E-state index contributed by atoms with van der Waals surface area (Å²) in [7, 11) is 0. The van der Waals surface area contributed by atoms with Crippen molar-refractivity contribution in [3.8, 4) is 0 Å². The minimum atomic E-state index is 0.665. The van der Waals surface area contributed by atoms with Crippen molar-refractivity contribution >= 4 is 27.4 Å². The number of aryl methyl sites for hydroxylation is 1. The fourth-order valence-corrected chi connectivity index (χ4v) is 3.98. The first kappa shape index (κ1) is 14.6. The zero-order chi connectivity index (χ0) is 15.6. The summed E-state index contributed by atoms with van der Waals surface area (Å²) in [6.45, 7) is 5.17. The SMILES string of the molecule is CCc1nc(N2CCC(Cn3ccnn3)CC2)c2ccsc2n1. The highest BCUT2D eigenvalue weighted by Gasteiger charge is 2.23. The molecule has 0 aromatic carbocycles. The van der Waals surface area contributed by atoms with Gasteiger partial charge in [-0.3, -0.25) is 4.68 Å². The van der Waals surface area contributed by atoms with Gasteiger partial charge in [0, 0.05) is 32.3 Å². The molecule has 3 aromatic heterocycles. The van der Waals surface area contributed by atoms with Crippen LogP contribution < -0.4 is 4.90 Å². The summed E-state index contributed by atoms with van der Waals surface area (Å²) in [4.78, 5) is 13.0. The minimum absolute atomic E-state index is 0.665. The normalized spacial score (nSPS) is 16.3. The second-order valence-corrected chi connectivity index (χ2v) is 6.91. The van der Waals surface area contributed by atoms with Crippen LogP contribution in [-0.4, -0.2) is 38.1 Å². The van der Waals surface area contributed by atoms with Gasteiger partial charge in [-0.1, -0.05) is 12.1 Å². The van der Waals surface area contributed by atoms with Gasteiger partial charge in [-0.05, 0) is 30.2 Å². The average molecular weight is 328 g/mol. The summed E-state index contributed by atoms with van der Waals surface area (Å²) >= 11 is 1.70. The van der Waals surface area contributed by atoms with Crippen LogP contribution in [0.15, 0.2) is 23.8 Å². The molecule has 0 atom stereocenters. The van der Waals surface area contributed by atoms with Crippen LogP contribution in [-0.2, 0) is 13.0 Å².